The molecular formula is C18H25NO2. The summed E-state index contributed by atoms with van der Waals surface area (Å²) in [7, 11) is 0. The molecule has 0 amide bonds. The Morgan fingerprint density at radius 2 is 1.86 bits per heavy atom. The van der Waals surface area contributed by atoms with E-state index in [9.17, 15) is 0 Å². The second-order valence-corrected chi connectivity index (χ2v) is 5.03. The van der Waals surface area contributed by atoms with Crippen LogP contribution in [0.1, 0.15) is 32.4 Å². The van der Waals surface area contributed by atoms with E-state index in [0.717, 1.165) is 24.3 Å². The summed E-state index contributed by atoms with van der Waals surface area (Å²) in [6, 6.07) is 12.9. The summed E-state index contributed by atoms with van der Waals surface area (Å²) in [6.07, 6.45) is 0. The van der Waals surface area contributed by atoms with Crippen molar-refractivity contribution in [3.05, 3.63) is 42.0 Å². The molecule has 1 unspecified atom stereocenters. The molecule has 1 N–H and O–H groups in total. The highest BCUT2D eigenvalue weighted by Crippen LogP contribution is 2.33. The topological polar surface area (TPSA) is 30.5 Å². The molecule has 0 aliphatic rings. The van der Waals surface area contributed by atoms with Gasteiger partial charge < -0.3 is 14.8 Å². The average Bonchev–Trinajstić information content (AvgIpc) is 2.51. The molecule has 0 aromatic heterocycles. The van der Waals surface area contributed by atoms with E-state index >= 15 is 0 Å². The molecule has 3 heteroatoms. The number of hydrogen-bond acceptors (Lipinski definition) is 3. The standard InChI is InChI=1S/C18H25NO2/c1-4-19-14(3)16-11-10-15-8-6-7-9-17(15)18(16)21-13-12-20-5-2/h6-11,14,19H,4-5,12-13H2,1-3H3. The van der Waals surface area contributed by atoms with E-state index < -0.39 is 0 Å². The minimum Gasteiger partial charge on any atom is -0.490 e. The van der Waals surface area contributed by atoms with E-state index in [1.807, 2.05) is 6.92 Å². The van der Waals surface area contributed by atoms with Gasteiger partial charge in [-0.3, -0.25) is 0 Å². The maximum atomic E-state index is 6.05. The van der Waals surface area contributed by atoms with Gasteiger partial charge in [0.25, 0.3) is 0 Å². The minimum atomic E-state index is 0.265. The Hall–Kier alpha value is -1.58. The molecule has 0 spiro atoms. The molecule has 114 valence electrons. The number of benzene rings is 2. The Balaban J connectivity index is 2.32. The van der Waals surface area contributed by atoms with Gasteiger partial charge in [0.1, 0.15) is 12.4 Å². The van der Waals surface area contributed by atoms with Gasteiger partial charge in [-0.2, -0.15) is 0 Å². The Kier molecular flexibility index (Phi) is 6.03. The van der Waals surface area contributed by atoms with Crippen LogP contribution in [0.2, 0.25) is 0 Å². The van der Waals surface area contributed by atoms with Crippen LogP contribution in [-0.4, -0.2) is 26.4 Å². The Morgan fingerprint density at radius 3 is 2.62 bits per heavy atom. The van der Waals surface area contributed by atoms with Crippen molar-refractivity contribution in [3.8, 4) is 5.75 Å². The lowest BCUT2D eigenvalue weighted by atomic mass is 10.0. The smallest absolute Gasteiger partial charge is 0.132 e. The third-order valence-electron chi connectivity index (χ3n) is 3.57. The molecule has 0 saturated heterocycles. The lowest BCUT2D eigenvalue weighted by molar-refractivity contribution is 0.110. The fourth-order valence-corrected chi connectivity index (χ4v) is 2.53. The maximum absolute atomic E-state index is 6.05. The quantitative estimate of drug-likeness (QED) is 0.746. The predicted octanol–water partition coefficient (Wildman–Crippen LogP) is 3.93. The Labute approximate surface area is 127 Å². The highest BCUT2D eigenvalue weighted by atomic mass is 16.5. The maximum Gasteiger partial charge on any atom is 0.132 e. The molecule has 2 aromatic carbocycles. The van der Waals surface area contributed by atoms with Crippen LogP contribution >= 0.6 is 0 Å². The molecule has 21 heavy (non-hydrogen) atoms. The summed E-state index contributed by atoms with van der Waals surface area (Å²) in [4.78, 5) is 0. The molecular weight excluding hydrogens is 262 g/mol. The minimum absolute atomic E-state index is 0.265. The largest absolute Gasteiger partial charge is 0.490 e. The second-order valence-electron chi connectivity index (χ2n) is 5.03. The fraction of sp³-hybridized carbons (Fsp3) is 0.444. The van der Waals surface area contributed by atoms with Gasteiger partial charge in [0.15, 0.2) is 0 Å². The van der Waals surface area contributed by atoms with Gasteiger partial charge in [-0.25, -0.2) is 0 Å². The molecule has 0 aliphatic heterocycles. The number of hydrogen-bond donors (Lipinski definition) is 1. The summed E-state index contributed by atoms with van der Waals surface area (Å²) in [5.41, 5.74) is 1.20. The lowest BCUT2D eigenvalue weighted by Crippen LogP contribution is -2.19. The Bertz CT molecular complexity index is 568. The zero-order chi connectivity index (χ0) is 15.1. The second kappa shape index (κ2) is 8.01. The molecule has 0 saturated carbocycles. The molecule has 1 atom stereocenters. The summed E-state index contributed by atoms with van der Waals surface area (Å²) in [5.74, 6) is 0.973. The molecule has 2 aromatic rings. The zero-order valence-electron chi connectivity index (χ0n) is 13.2. The first-order chi connectivity index (χ1) is 10.3. The van der Waals surface area contributed by atoms with Crippen molar-refractivity contribution in [2.24, 2.45) is 0 Å². The van der Waals surface area contributed by atoms with E-state index in [1.54, 1.807) is 0 Å². The number of nitrogens with one attached hydrogen (secondary N) is 1. The highest BCUT2D eigenvalue weighted by Gasteiger charge is 2.14. The van der Waals surface area contributed by atoms with Crippen LogP contribution in [0.25, 0.3) is 10.8 Å². The molecule has 0 bridgehead atoms. The van der Waals surface area contributed by atoms with Crippen molar-refractivity contribution < 1.29 is 9.47 Å². The summed E-state index contributed by atoms with van der Waals surface area (Å²) >= 11 is 0. The van der Waals surface area contributed by atoms with Gasteiger partial charge in [-0.15, -0.1) is 0 Å². The van der Waals surface area contributed by atoms with Crippen molar-refractivity contribution in [3.63, 3.8) is 0 Å². The summed E-state index contributed by atoms with van der Waals surface area (Å²) in [6.45, 7) is 9.14. The Morgan fingerprint density at radius 1 is 1.05 bits per heavy atom. The van der Waals surface area contributed by atoms with E-state index in [2.05, 4.69) is 55.6 Å². The van der Waals surface area contributed by atoms with Crippen LogP contribution in [0, 0.1) is 0 Å². The molecule has 0 heterocycles. The monoisotopic (exact) mass is 287 g/mol. The van der Waals surface area contributed by atoms with Crippen molar-refractivity contribution in [2.45, 2.75) is 26.8 Å². The van der Waals surface area contributed by atoms with Crippen LogP contribution in [-0.2, 0) is 4.74 Å². The first-order valence-electron chi connectivity index (χ1n) is 7.73. The average molecular weight is 287 g/mol. The SMILES string of the molecule is CCNC(C)c1ccc2ccccc2c1OCCOCC. The van der Waals surface area contributed by atoms with Gasteiger partial charge in [0.2, 0.25) is 0 Å². The van der Waals surface area contributed by atoms with Crippen LogP contribution in [0.15, 0.2) is 36.4 Å². The van der Waals surface area contributed by atoms with Gasteiger partial charge in [0, 0.05) is 23.6 Å². The number of rotatable bonds is 8. The lowest BCUT2D eigenvalue weighted by Gasteiger charge is -2.19. The van der Waals surface area contributed by atoms with Crippen LogP contribution in [0.5, 0.6) is 5.75 Å². The third-order valence-corrected chi connectivity index (χ3v) is 3.57. The van der Waals surface area contributed by atoms with E-state index in [-0.39, 0.29) is 6.04 Å². The van der Waals surface area contributed by atoms with Gasteiger partial charge in [-0.1, -0.05) is 43.3 Å². The van der Waals surface area contributed by atoms with Gasteiger partial charge >= 0.3 is 0 Å². The van der Waals surface area contributed by atoms with E-state index in [0.29, 0.717) is 13.2 Å². The molecule has 3 nitrogen and oxygen atoms in total. The van der Waals surface area contributed by atoms with Gasteiger partial charge in [0.05, 0.1) is 6.61 Å². The van der Waals surface area contributed by atoms with Crippen LogP contribution < -0.4 is 10.1 Å². The van der Waals surface area contributed by atoms with Crippen molar-refractivity contribution in [1.29, 1.82) is 0 Å². The first kappa shape index (κ1) is 15.8. The molecule has 0 fully saturated rings. The fourth-order valence-electron chi connectivity index (χ4n) is 2.53. The van der Waals surface area contributed by atoms with E-state index in [4.69, 9.17) is 9.47 Å². The van der Waals surface area contributed by atoms with Crippen LogP contribution in [0.3, 0.4) is 0 Å². The van der Waals surface area contributed by atoms with E-state index in [1.165, 1.54) is 10.9 Å². The third kappa shape index (κ3) is 3.96. The van der Waals surface area contributed by atoms with Crippen molar-refractivity contribution in [1.82, 2.24) is 5.32 Å². The zero-order valence-corrected chi connectivity index (χ0v) is 13.2. The molecule has 0 aliphatic carbocycles. The molecule has 0 radical (unpaired) electrons. The number of ether oxygens (including phenoxy) is 2. The van der Waals surface area contributed by atoms with Crippen molar-refractivity contribution >= 4 is 10.8 Å². The number of fused-ring (bicyclic) bond motifs is 1. The normalized spacial score (nSPS) is 12.5. The summed E-state index contributed by atoms with van der Waals surface area (Å²) in [5, 5.41) is 5.83. The van der Waals surface area contributed by atoms with Crippen LogP contribution in [0.4, 0.5) is 0 Å². The predicted molar refractivity (Wildman–Crippen MR) is 88.0 cm³/mol. The first-order valence-corrected chi connectivity index (χ1v) is 7.73. The van der Waals surface area contributed by atoms with Gasteiger partial charge in [-0.05, 0) is 25.8 Å². The summed E-state index contributed by atoms with van der Waals surface area (Å²) < 4.78 is 11.4. The van der Waals surface area contributed by atoms with Crippen molar-refractivity contribution in [2.75, 3.05) is 26.4 Å². The molecule has 2 rings (SSSR count). The highest BCUT2D eigenvalue weighted by molar-refractivity contribution is 5.89.